The Morgan fingerprint density at radius 2 is 2.18 bits per heavy atom. The highest BCUT2D eigenvalue weighted by Gasteiger charge is 2.07. The number of rotatable bonds is 1. The van der Waals surface area contributed by atoms with Gasteiger partial charge in [0.2, 0.25) is 0 Å². The number of amides is 1. The lowest BCUT2D eigenvalue weighted by Gasteiger charge is -2.07. The molecule has 0 aliphatic heterocycles. The Kier molecular flexibility index (Phi) is 2.15. The molecule has 4 nitrogen and oxygen atoms in total. The zero-order valence-electron chi connectivity index (χ0n) is 6.48. The SMILES string of the molecule is CN(C)C(=O)c1cnccn1. The predicted octanol–water partition coefficient (Wildman–Crippen LogP) is 0.178. The number of hydrogen-bond donors (Lipinski definition) is 0. The van der Waals surface area contributed by atoms with Gasteiger partial charge in [-0.1, -0.05) is 0 Å². The molecule has 1 aromatic heterocycles. The van der Waals surface area contributed by atoms with Gasteiger partial charge in [-0.05, 0) is 0 Å². The van der Waals surface area contributed by atoms with E-state index in [4.69, 9.17) is 0 Å². The van der Waals surface area contributed by atoms with Gasteiger partial charge in [-0.2, -0.15) is 0 Å². The van der Waals surface area contributed by atoms with Crippen molar-refractivity contribution < 1.29 is 4.79 Å². The Morgan fingerprint density at radius 1 is 1.45 bits per heavy atom. The van der Waals surface area contributed by atoms with E-state index in [1.807, 2.05) is 0 Å². The first-order valence-electron chi connectivity index (χ1n) is 3.19. The lowest BCUT2D eigenvalue weighted by Crippen LogP contribution is -2.22. The van der Waals surface area contributed by atoms with Crippen molar-refractivity contribution in [2.24, 2.45) is 0 Å². The Hall–Kier alpha value is -1.45. The first-order valence-corrected chi connectivity index (χ1v) is 3.19. The van der Waals surface area contributed by atoms with Gasteiger partial charge in [-0.25, -0.2) is 4.98 Å². The van der Waals surface area contributed by atoms with Gasteiger partial charge < -0.3 is 4.90 Å². The average Bonchev–Trinajstić information content (AvgIpc) is 2.05. The fourth-order valence-electron chi connectivity index (χ4n) is 0.639. The second-order valence-corrected chi connectivity index (χ2v) is 2.29. The molecule has 0 fully saturated rings. The summed E-state index contributed by atoms with van der Waals surface area (Å²) in [7, 11) is 3.36. The van der Waals surface area contributed by atoms with E-state index in [1.54, 1.807) is 14.1 Å². The fourth-order valence-corrected chi connectivity index (χ4v) is 0.639. The zero-order valence-corrected chi connectivity index (χ0v) is 6.48. The van der Waals surface area contributed by atoms with E-state index >= 15 is 0 Å². The fraction of sp³-hybridized carbons (Fsp3) is 0.286. The van der Waals surface area contributed by atoms with Crippen molar-refractivity contribution in [1.82, 2.24) is 14.9 Å². The van der Waals surface area contributed by atoms with Gasteiger partial charge >= 0.3 is 0 Å². The van der Waals surface area contributed by atoms with Crippen molar-refractivity contribution in [1.29, 1.82) is 0 Å². The lowest BCUT2D eigenvalue weighted by molar-refractivity contribution is 0.0821. The molecule has 1 aromatic rings. The molecular weight excluding hydrogens is 142 g/mol. The second kappa shape index (κ2) is 3.09. The Morgan fingerprint density at radius 3 is 2.64 bits per heavy atom. The molecule has 0 radical (unpaired) electrons. The van der Waals surface area contributed by atoms with Crippen molar-refractivity contribution in [3.8, 4) is 0 Å². The third kappa shape index (κ3) is 1.73. The van der Waals surface area contributed by atoms with Crippen molar-refractivity contribution in [2.75, 3.05) is 14.1 Å². The Labute approximate surface area is 64.9 Å². The topological polar surface area (TPSA) is 46.1 Å². The van der Waals surface area contributed by atoms with Crippen LogP contribution in [0.4, 0.5) is 0 Å². The van der Waals surface area contributed by atoms with Gasteiger partial charge in [0.1, 0.15) is 5.69 Å². The monoisotopic (exact) mass is 151 g/mol. The van der Waals surface area contributed by atoms with Crippen LogP contribution < -0.4 is 0 Å². The number of hydrogen-bond acceptors (Lipinski definition) is 3. The number of nitrogens with zero attached hydrogens (tertiary/aromatic N) is 3. The molecule has 0 saturated heterocycles. The first-order chi connectivity index (χ1) is 5.22. The third-order valence-corrected chi connectivity index (χ3v) is 1.19. The smallest absolute Gasteiger partial charge is 0.273 e. The third-order valence-electron chi connectivity index (χ3n) is 1.19. The minimum absolute atomic E-state index is 0.127. The van der Waals surface area contributed by atoms with Crippen LogP contribution >= 0.6 is 0 Å². The summed E-state index contributed by atoms with van der Waals surface area (Å²) in [5, 5.41) is 0. The lowest BCUT2D eigenvalue weighted by atomic mass is 10.4. The van der Waals surface area contributed by atoms with Crippen LogP contribution in [0.3, 0.4) is 0 Å². The van der Waals surface area contributed by atoms with E-state index in [2.05, 4.69) is 9.97 Å². The van der Waals surface area contributed by atoms with Crippen molar-refractivity contribution in [3.63, 3.8) is 0 Å². The van der Waals surface area contributed by atoms with Crippen LogP contribution in [0, 0.1) is 0 Å². The van der Waals surface area contributed by atoms with Crippen LogP contribution in [0.25, 0.3) is 0 Å². The van der Waals surface area contributed by atoms with Gasteiger partial charge in [0, 0.05) is 26.5 Å². The quantitative estimate of drug-likeness (QED) is 0.575. The van der Waals surface area contributed by atoms with E-state index in [0.717, 1.165) is 0 Å². The van der Waals surface area contributed by atoms with Crippen LogP contribution in [0.2, 0.25) is 0 Å². The molecule has 1 heterocycles. The molecule has 0 spiro atoms. The molecule has 0 atom stereocenters. The van der Waals surface area contributed by atoms with Crippen LogP contribution in [-0.4, -0.2) is 34.9 Å². The summed E-state index contributed by atoms with van der Waals surface area (Å²) in [5.74, 6) is -0.127. The van der Waals surface area contributed by atoms with Gasteiger partial charge in [-0.3, -0.25) is 9.78 Å². The van der Waals surface area contributed by atoms with Crippen LogP contribution in [-0.2, 0) is 0 Å². The maximum absolute atomic E-state index is 11.2. The van der Waals surface area contributed by atoms with Crippen molar-refractivity contribution in [3.05, 3.63) is 24.3 Å². The highest BCUT2D eigenvalue weighted by atomic mass is 16.2. The molecule has 4 heteroatoms. The molecule has 0 N–H and O–H groups in total. The van der Waals surface area contributed by atoms with Gasteiger partial charge in [0.25, 0.3) is 5.91 Å². The molecule has 1 amide bonds. The summed E-state index contributed by atoms with van der Waals surface area (Å²) in [6, 6.07) is 0. The largest absolute Gasteiger partial charge is 0.343 e. The Bertz CT molecular complexity index is 245. The number of aromatic nitrogens is 2. The molecule has 11 heavy (non-hydrogen) atoms. The van der Waals surface area contributed by atoms with Crippen LogP contribution in [0.15, 0.2) is 18.6 Å². The molecule has 0 saturated carbocycles. The first kappa shape index (κ1) is 7.65. The molecule has 0 aliphatic rings. The standard InChI is InChI=1S/C7H9N3O/c1-10(2)7(11)6-5-8-3-4-9-6/h3-5H,1-2H3. The molecule has 58 valence electrons. The zero-order chi connectivity index (χ0) is 8.27. The van der Waals surface area contributed by atoms with Gasteiger partial charge in [-0.15, -0.1) is 0 Å². The summed E-state index contributed by atoms with van der Waals surface area (Å²) in [5.41, 5.74) is 0.373. The minimum Gasteiger partial charge on any atom is -0.343 e. The molecule has 0 aliphatic carbocycles. The van der Waals surface area contributed by atoms with Crippen molar-refractivity contribution >= 4 is 5.91 Å². The highest BCUT2D eigenvalue weighted by molar-refractivity contribution is 5.91. The summed E-state index contributed by atoms with van der Waals surface area (Å²) in [6.07, 6.45) is 4.48. The van der Waals surface area contributed by atoms with E-state index in [0.29, 0.717) is 5.69 Å². The van der Waals surface area contributed by atoms with E-state index in [9.17, 15) is 4.79 Å². The summed E-state index contributed by atoms with van der Waals surface area (Å²) < 4.78 is 0. The predicted molar refractivity (Wildman–Crippen MR) is 40.0 cm³/mol. The maximum Gasteiger partial charge on any atom is 0.273 e. The van der Waals surface area contributed by atoms with Crippen LogP contribution in [0.5, 0.6) is 0 Å². The van der Waals surface area contributed by atoms with Crippen molar-refractivity contribution in [2.45, 2.75) is 0 Å². The van der Waals surface area contributed by atoms with Gasteiger partial charge in [0.05, 0.1) is 6.20 Å². The highest BCUT2D eigenvalue weighted by Crippen LogP contribution is 1.93. The van der Waals surface area contributed by atoms with E-state index < -0.39 is 0 Å². The van der Waals surface area contributed by atoms with Gasteiger partial charge in [0.15, 0.2) is 0 Å². The van der Waals surface area contributed by atoms with Crippen LogP contribution in [0.1, 0.15) is 10.5 Å². The maximum atomic E-state index is 11.2. The number of carbonyl (C=O) groups is 1. The van der Waals surface area contributed by atoms with E-state index in [1.165, 1.54) is 23.5 Å². The summed E-state index contributed by atoms with van der Waals surface area (Å²) in [6.45, 7) is 0. The Balaban J connectivity index is 2.86. The molecule has 1 rings (SSSR count). The molecule has 0 unspecified atom stereocenters. The average molecular weight is 151 g/mol. The summed E-state index contributed by atoms with van der Waals surface area (Å²) in [4.78, 5) is 20.3. The normalized spacial score (nSPS) is 9.27. The summed E-state index contributed by atoms with van der Waals surface area (Å²) >= 11 is 0. The molecular formula is C7H9N3O. The number of carbonyl (C=O) groups excluding carboxylic acids is 1. The van der Waals surface area contributed by atoms with E-state index in [-0.39, 0.29) is 5.91 Å². The minimum atomic E-state index is -0.127. The second-order valence-electron chi connectivity index (χ2n) is 2.29. The molecule has 0 aromatic carbocycles. The molecule has 0 bridgehead atoms.